The number of nitrogens with zero attached hydrogens (tertiary/aromatic N) is 1. The average molecular weight is 405 g/mol. The van der Waals surface area contributed by atoms with Crippen molar-refractivity contribution in [2.45, 2.75) is 13.0 Å². The highest BCUT2D eigenvalue weighted by Gasteiger charge is 2.53. The van der Waals surface area contributed by atoms with Gasteiger partial charge in [-0.25, -0.2) is 0 Å². The van der Waals surface area contributed by atoms with Gasteiger partial charge in [0.15, 0.2) is 0 Å². The van der Waals surface area contributed by atoms with E-state index in [1.165, 1.54) is 33.2 Å². The summed E-state index contributed by atoms with van der Waals surface area (Å²) in [4.78, 5) is 0. The summed E-state index contributed by atoms with van der Waals surface area (Å²) in [5.41, 5.74) is 4.84. The molecule has 4 aromatic carbocycles. The molecule has 4 aromatic rings. The van der Waals surface area contributed by atoms with Crippen molar-refractivity contribution in [1.82, 2.24) is 0 Å². The molecule has 6 rings (SSSR count). The molecule has 3 nitrogen and oxygen atoms in total. The fourth-order valence-electron chi connectivity index (χ4n) is 4.35. The van der Waals surface area contributed by atoms with Crippen LogP contribution in [0.3, 0.4) is 0 Å². The second-order valence-electron chi connectivity index (χ2n) is 7.83. The standard InChI is InChI=1S/C16H12O.C10H10NO.Al/c17-16-9-8-14-10-13(6-7-15(14)11-16)12-4-2-1-3-5-12;1-7-5-6-8-3-2-4-9(12)10(8)11-7;/h1-11,17H;2-7,12H,1H3;/q;-1;+3/p-2. The van der Waals surface area contributed by atoms with Gasteiger partial charge in [0, 0.05) is 6.04 Å². The van der Waals surface area contributed by atoms with Crippen molar-refractivity contribution in [2.24, 2.45) is 0 Å². The second-order valence-corrected chi connectivity index (χ2v) is 9.48. The van der Waals surface area contributed by atoms with Crippen molar-refractivity contribution in [3.63, 3.8) is 0 Å². The second kappa shape index (κ2) is 6.95. The van der Waals surface area contributed by atoms with Crippen LogP contribution in [0, 0.1) is 0 Å². The molecule has 2 aliphatic heterocycles. The smallest absolute Gasteiger partial charge is 0.594 e. The van der Waals surface area contributed by atoms with Gasteiger partial charge in [-0.3, -0.25) is 0 Å². The summed E-state index contributed by atoms with van der Waals surface area (Å²) < 4.78 is 15.1. The molecule has 30 heavy (non-hydrogen) atoms. The van der Waals surface area contributed by atoms with Crippen molar-refractivity contribution in [1.29, 1.82) is 0 Å². The van der Waals surface area contributed by atoms with E-state index in [9.17, 15) is 0 Å². The zero-order valence-electron chi connectivity index (χ0n) is 16.7. The van der Waals surface area contributed by atoms with Gasteiger partial charge in [0.25, 0.3) is 0 Å². The van der Waals surface area contributed by atoms with Crippen LogP contribution in [0.2, 0.25) is 0 Å². The molecule has 1 atom stereocenters. The molecule has 0 saturated carbocycles. The van der Waals surface area contributed by atoms with E-state index in [-0.39, 0.29) is 6.04 Å². The maximum absolute atomic E-state index is 6.45. The highest BCUT2D eigenvalue weighted by Crippen LogP contribution is 2.43. The quantitative estimate of drug-likeness (QED) is 0.380. The molecule has 144 valence electrons. The van der Waals surface area contributed by atoms with Crippen LogP contribution in [0.15, 0.2) is 91.0 Å². The van der Waals surface area contributed by atoms with E-state index in [0.29, 0.717) is 0 Å². The first-order valence-corrected chi connectivity index (χ1v) is 11.7. The number of para-hydroxylation sites is 1. The van der Waals surface area contributed by atoms with E-state index in [1.54, 1.807) is 0 Å². The zero-order valence-corrected chi connectivity index (χ0v) is 17.8. The number of benzene rings is 4. The van der Waals surface area contributed by atoms with Crippen molar-refractivity contribution in [2.75, 3.05) is 3.88 Å². The summed E-state index contributed by atoms with van der Waals surface area (Å²) in [7, 11) is 0. The lowest BCUT2D eigenvalue weighted by Crippen LogP contribution is -2.49. The van der Waals surface area contributed by atoms with Crippen molar-refractivity contribution >= 4 is 37.6 Å². The van der Waals surface area contributed by atoms with Gasteiger partial charge < -0.3 is 11.5 Å². The maximum atomic E-state index is 6.45. The third kappa shape index (κ3) is 2.89. The summed E-state index contributed by atoms with van der Waals surface area (Å²) in [5, 5.41) is 2.38. The number of hydrogen-bond acceptors (Lipinski definition) is 3. The van der Waals surface area contributed by atoms with Gasteiger partial charge in [-0.1, -0.05) is 72.8 Å². The Hall–Kier alpha value is -3.19. The van der Waals surface area contributed by atoms with E-state index in [2.05, 4.69) is 89.7 Å². The molecule has 0 aromatic heterocycles. The van der Waals surface area contributed by atoms with E-state index in [4.69, 9.17) is 7.58 Å². The van der Waals surface area contributed by atoms with Crippen LogP contribution in [0.25, 0.3) is 28.0 Å². The highest BCUT2D eigenvalue weighted by atomic mass is 27.2. The Morgan fingerprint density at radius 2 is 1.67 bits per heavy atom. The minimum Gasteiger partial charge on any atom is -0.594 e. The molecule has 2 aliphatic rings. The number of anilines is 1. The monoisotopic (exact) mass is 405 g/mol. The van der Waals surface area contributed by atoms with E-state index in [0.717, 1.165) is 11.5 Å². The number of hydrogen-bond donors (Lipinski definition) is 0. The molecule has 0 radical (unpaired) electrons. The van der Waals surface area contributed by atoms with Crippen LogP contribution in [0.1, 0.15) is 12.5 Å². The van der Waals surface area contributed by atoms with Crippen molar-refractivity contribution in [3.8, 4) is 22.6 Å². The first-order valence-electron chi connectivity index (χ1n) is 10.3. The highest BCUT2D eigenvalue weighted by molar-refractivity contribution is 6.54. The van der Waals surface area contributed by atoms with Crippen LogP contribution in [-0.2, 0) is 0 Å². The summed E-state index contributed by atoms with van der Waals surface area (Å²) in [6.07, 6.45) is 4.40. The van der Waals surface area contributed by atoms with Gasteiger partial charge in [0.2, 0.25) is 0 Å². The minimum absolute atomic E-state index is 0.270. The fourth-order valence-corrected chi connectivity index (χ4v) is 6.38. The predicted octanol–water partition coefficient (Wildman–Crippen LogP) is 6.18. The van der Waals surface area contributed by atoms with Gasteiger partial charge in [-0.15, -0.1) is 0 Å². The van der Waals surface area contributed by atoms with Crippen LogP contribution in [0.5, 0.6) is 11.5 Å². The van der Waals surface area contributed by atoms with Crippen LogP contribution >= 0.6 is 0 Å². The lowest BCUT2D eigenvalue weighted by Gasteiger charge is -2.29. The van der Waals surface area contributed by atoms with Gasteiger partial charge in [0.1, 0.15) is 5.75 Å². The summed E-state index contributed by atoms with van der Waals surface area (Å²) in [6.45, 7) is 2.19. The summed E-state index contributed by atoms with van der Waals surface area (Å²) in [6, 6.07) is 29.8. The van der Waals surface area contributed by atoms with Crippen LogP contribution in [0.4, 0.5) is 5.69 Å². The molecule has 0 spiro atoms. The maximum Gasteiger partial charge on any atom is 1.04 e. The molecule has 0 amide bonds. The van der Waals surface area contributed by atoms with Gasteiger partial charge in [0.05, 0.1) is 11.4 Å². The third-order valence-electron chi connectivity index (χ3n) is 5.89. The average Bonchev–Trinajstić information content (AvgIpc) is 3.16. The van der Waals surface area contributed by atoms with Gasteiger partial charge >= 0.3 is 15.0 Å². The molecule has 2 heterocycles. The lowest BCUT2D eigenvalue weighted by molar-refractivity contribution is 0.432. The Balaban J connectivity index is 1.31. The van der Waals surface area contributed by atoms with E-state index in [1.807, 2.05) is 18.2 Å². The molecule has 0 bridgehead atoms. The topological polar surface area (TPSA) is 21.7 Å². The van der Waals surface area contributed by atoms with Crippen LogP contribution in [-0.4, -0.2) is 21.1 Å². The first-order chi connectivity index (χ1) is 14.8. The Morgan fingerprint density at radius 3 is 2.57 bits per heavy atom. The van der Waals surface area contributed by atoms with E-state index < -0.39 is 15.0 Å². The molecule has 1 unspecified atom stereocenters. The Morgan fingerprint density at radius 1 is 0.833 bits per heavy atom. The molecule has 0 saturated heterocycles. The van der Waals surface area contributed by atoms with Crippen molar-refractivity contribution in [3.05, 3.63) is 96.6 Å². The largest absolute Gasteiger partial charge is 1.04 e. The summed E-state index contributed by atoms with van der Waals surface area (Å²) in [5.74, 6) is 1.80. The molecular formula is C26H20AlNO2. The SMILES string of the molecule is CC1C=Cc2cccc3c2[N]1[Al]([O]c1ccc2cc(-c4ccccc4)ccc2c1)[O]3. The number of fused-ring (bicyclic) bond motifs is 1. The van der Waals surface area contributed by atoms with Gasteiger partial charge in [-0.2, -0.15) is 0 Å². The first kappa shape index (κ1) is 17.7. The Bertz CT molecular complexity index is 1280. The normalized spacial score (nSPS) is 16.5. The fraction of sp³-hybridized carbons (Fsp3) is 0.0769. The van der Waals surface area contributed by atoms with Crippen LogP contribution < -0.4 is 11.5 Å². The third-order valence-corrected chi connectivity index (χ3v) is 8.00. The van der Waals surface area contributed by atoms with Crippen molar-refractivity contribution < 1.29 is 7.58 Å². The van der Waals surface area contributed by atoms with Gasteiger partial charge in [-0.05, 0) is 58.7 Å². The lowest BCUT2D eigenvalue weighted by atomic mass is 10.0. The molecule has 0 fully saturated rings. The number of rotatable bonds is 3. The summed E-state index contributed by atoms with van der Waals surface area (Å²) >= 11 is -2.10. The molecule has 0 aliphatic carbocycles. The Kier molecular flexibility index (Phi) is 4.09. The zero-order chi connectivity index (χ0) is 20.1. The van der Waals surface area contributed by atoms with E-state index >= 15 is 0 Å². The molecular weight excluding hydrogens is 385 g/mol. The molecule has 0 N–H and O–H groups in total. The minimum atomic E-state index is -2.10. The Labute approximate surface area is 181 Å². The molecule has 4 heteroatoms. The predicted molar refractivity (Wildman–Crippen MR) is 124 cm³/mol.